The number of rotatable bonds is 5. The van der Waals surface area contributed by atoms with Crippen LogP contribution in [0.2, 0.25) is 0 Å². The minimum absolute atomic E-state index is 0.0400. The van der Waals surface area contributed by atoms with E-state index >= 15 is 0 Å². The molecule has 1 N–H and O–H groups in total. The standard InChI is InChI=1S/C25H29FN4O4/c1-17-8-12-28(13-9-17)22-7-4-19(16-23(22)30(33)34)25(32)29-14-10-21(11-15-29)27-24(31)18-2-5-20(26)6-3-18/h2-7,16-17,21H,8-15H2,1H3,(H,27,31). The van der Waals surface area contributed by atoms with Gasteiger partial charge in [0.15, 0.2) is 0 Å². The summed E-state index contributed by atoms with van der Waals surface area (Å²) in [4.78, 5) is 40.5. The monoisotopic (exact) mass is 468 g/mol. The van der Waals surface area contributed by atoms with E-state index in [1.807, 2.05) is 4.90 Å². The summed E-state index contributed by atoms with van der Waals surface area (Å²) in [5.74, 6) is -0.310. The minimum Gasteiger partial charge on any atom is -0.366 e. The number of piperidine rings is 2. The lowest BCUT2D eigenvalue weighted by molar-refractivity contribution is -0.384. The van der Waals surface area contributed by atoms with Crippen LogP contribution in [0.3, 0.4) is 0 Å². The Morgan fingerprint density at radius 3 is 2.21 bits per heavy atom. The maximum Gasteiger partial charge on any atom is 0.293 e. The first-order valence-electron chi connectivity index (χ1n) is 11.7. The van der Waals surface area contributed by atoms with Gasteiger partial charge in [-0.2, -0.15) is 0 Å². The van der Waals surface area contributed by atoms with Crippen molar-refractivity contribution in [2.75, 3.05) is 31.1 Å². The number of halogens is 1. The van der Waals surface area contributed by atoms with Gasteiger partial charge in [-0.05, 0) is 68.0 Å². The van der Waals surface area contributed by atoms with Gasteiger partial charge in [0, 0.05) is 49.4 Å². The number of hydrogen-bond acceptors (Lipinski definition) is 5. The Balaban J connectivity index is 1.37. The zero-order chi connectivity index (χ0) is 24.2. The van der Waals surface area contributed by atoms with Crippen LogP contribution in [0.4, 0.5) is 15.8 Å². The number of carbonyl (C=O) groups excluding carboxylic acids is 2. The summed E-state index contributed by atoms with van der Waals surface area (Å²) in [5.41, 5.74) is 1.21. The Bertz CT molecular complexity index is 1060. The van der Waals surface area contributed by atoms with Crippen molar-refractivity contribution >= 4 is 23.2 Å². The lowest BCUT2D eigenvalue weighted by Crippen LogP contribution is -2.46. The lowest BCUT2D eigenvalue weighted by atomic mass is 9.98. The van der Waals surface area contributed by atoms with E-state index in [1.165, 1.54) is 30.3 Å². The number of nitro groups is 1. The summed E-state index contributed by atoms with van der Waals surface area (Å²) in [5, 5.41) is 14.7. The first kappa shape index (κ1) is 23.7. The predicted octanol–water partition coefficient (Wildman–Crippen LogP) is 4.00. The zero-order valence-electron chi connectivity index (χ0n) is 19.2. The van der Waals surface area contributed by atoms with Crippen LogP contribution in [0.1, 0.15) is 53.3 Å². The van der Waals surface area contributed by atoms with Crippen LogP contribution in [0, 0.1) is 21.8 Å². The van der Waals surface area contributed by atoms with Crippen LogP contribution >= 0.6 is 0 Å². The molecule has 0 spiro atoms. The molecule has 0 radical (unpaired) electrons. The fraction of sp³-hybridized carbons (Fsp3) is 0.440. The van der Waals surface area contributed by atoms with Crippen LogP contribution in [0.15, 0.2) is 42.5 Å². The SMILES string of the molecule is CC1CCN(c2ccc(C(=O)N3CCC(NC(=O)c4ccc(F)cc4)CC3)cc2[N+](=O)[O-])CC1. The Morgan fingerprint density at radius 1 is 0.971 bits per heavy atom. The molecular weight excluding hydrogens is 439 g/mol. The van der Waals surface area contributed by atoms with E-state index in [0.717, 1.165) is 25.9 Å². The number of nitrogens with zero attached hydrogens (tertiary/aromatic N) is 3. The summed E-state index contributed by atoms with van der Waals surface area (Å²) < 4.78 is 13.1. The first-order chi connectivity index (χ1) is 16.3. The van der Waals surface area contributed by atoms with Crippen molar-refractivity contribution in [3.05, 3.63) is 69.5 Å². The number of amides is 2. The zero-order valence-corrected chi connectivity index (χ0v) is 19.2. The van der Waals surface area contributed by atoms with Crippen LogP contribution in [0.5, 0.6) is 0 Å². The molecule has 0 atom stereocenters. The van der Waals surface area contributed by atoms with Gasteiger partial charge in [-0.3, -0.25) is 19.7 Å². The molecule has 0 aliphatic carbocycles. The average Bonchev–Trinajstić information content (AvgIpc) is 2.84. The summed E-state index contributed by atoms with van der Waals surface area (Å²) in [6.07, 6.45) is 3.13. The van der Waals surface area contributed by atoms with Gasteiger partial charge < -0.3 is 15.1 Å². The molecule has 2 amide bonds. The molecule has 0 saturated carbocycles. The third kappa shape index (κ3) is 5.35. The van der Waals surface area contributed by atoms with E-state index in [9.17, 15) is 24.1 Å². The molecule has 0 bridgehead atoms. The molecule has 2 saturated heterocycles. The number of hydrogen-bond donors (Lipinski definition) is 1. The average molecular weight is 469 g/mol. The van der Waals surface area contributed by atoms with Gasteiger partial charge in [0.25, 0.3) is 17.5 Å². The smallest absolute Gasteiger partial charge is 0.293 e. The third-order valence-electron chi connectivity index (χ3n) is 6.77. The second-order valence-corrected chi connectivity index (χ2v) is 9.18. The summed E-state index contributed by atoms with van der Waals surface area (Å²) in [6, 6.07) is 10.0. The molecule has 180 valence electrons. The minimum atomic E-state index is -0.415. The van der Waals surface area contributed by atoms with Gasteiger partial charge in [-0.1, -0.05) is 6.92 Å². The van der Waals surface area contributed by atoms with Crippen molar-refractivity contribution in [2.45, 2.75) is 38.6 Å². The normalized spacial score (nSPS) is 17.5. The van der Waals surface area contributed by atoms with Crippen LogP contribution in [-0.4, -0.2) is 53.9 Å². The van der Waals surface area contributed by atoms with Gasteiger partial charge in [0.05, 0.1) is 4.92 Å². The Labute approximate surface area is 197 Å². The quantitative estimate of drug-likeness (QED) is 0.529. The molecule has 2 aromatic carbocycles. The third-order valence-corrected chi connectivity index (χ3v) is 6.77. The maximum atomic E-state index is 13.1. The molecule has 2 aliphatic rings. The summed E-state index contributed by atoms with van der Waals surface area (Å²) in [7, 11) is 0. The second-order valence-electron chi connectivity index (χ2n) is 9.18. The molecule has 9 heteroatoms. The first-order valence-corrected chi connectivity index (χ1v) is 11.7. The predicted molar refractivity (Wildman–Crippen MR) is 126 cm³/mol. The number of nitrogens with one attached hydrogen (secondary N) is 1. The van der Waals surface area contributed by atoms with E-state index in [0.29, 0.717) is 48.7 Å². The van der Waals surface area contributed by atoms with Gasteiger partial charge in [-0.15, -0.1) is 0 Å². The number of carbonyl (C=O) groups is 2. The molecular formula is C25H29FN4O4. The molecule has 2 aliphatic heterocycles. The molecule has 2 aromatic rings. The van der Waals surface area contributed by atoms with Crippen LogP contribution in [-0.2, 0) is 0 Å². The fourth-order valence-electron chi connectivity index (χ4n) is 4.60. The van der Waals surface area contributed by atoms with Crippen LogP contribution in [0.25, 0.3) is 0 Å². The molecule has 34 heavy (non-hydrogen) atoms. The van der Waals surface area contributed by atoms with E-state index in [1.54, 1.807) is 17.0 Å². The molecule has 4 rings (SSSR count). The van der Waals surface area contributed by atoms with E-state index < -0.39 is 10.7 Å². The van der Waals surface area contributed by atoms with Crippen molar-refractivity contribution in [3.63, 3.8) is 0 Å². The van der Waals surface area contributed by atoms with E-state index in [-0.39, 0.29) is 23.5 Å². The maximum absolute atomic E-state index is 13.1. The van der Waals surface area contributed by atoms with Gasteiger partial charge >= 0.3 is 0 Å². The highest BCUT2D eigenvalue weighted by Crippen LogP contribution is 2.33. The molecule has 8 nitrogen and oxygen atoms in total. The highest BCUT2D eigenvalue weighted by atomic mass is 19.1. The summed E-state index contributed by atoms with van der Waals surface area (Å²) >= 11 is 0. The Kier molecular flexibility index (Phi) is 7.09. The van der Waals surface area contributed by atoms with Crippen LogP contribution < -0.4 is 10.2 Å². The highest BCUT2D eigenvalue weighted by Gasteiger charge is 2.28. The largest absolute Gasteiger partial charge is 0.366 e. The number of benzene rings is 2. The summed E-state index contributed by atoms with van der Waals surface area (Å²) in [6.45, 7) is 4.60. The molecule has 2 fully saturated rings. The van der Waals surface area contributed by atoms with Gasteiger partial charge in [-0.25, -0.2) is 4.39 Å². The molecule has 2 heterocycles. The van der Waals surface area contributed by atoms with Gasteiger partial charge in [0.2, 0.25) is 0 Å². The van der Waals surface area contributed by atoms with E-state index in [2.05, 4.69) is 12.2 Å². The van der Waals surface area contributed by atoms with E-state index in [4.69, 9.17) is 0 Å². The topological polar surface area (TPSA) is 95.8 Å². The molecule has 0 unspecified atom stereocenters. The lowest BCUT2D eigenvalue weighted by Gasteiger charge is -2.33. The van der Waals surface area contributed by atoms with Crippen molar-refractivity contribution in [2.24, 2.45) is 5.92 Å². The van der Waals surface area contributed by atoms with Crippen molar-refractivity contribution in [3.8, 4) is 0 Å². The Hall–Kier alpha value is -3.49. The highest BCUT2D eigenvalue weighted by molar-refractivity contribution is 5.96. The Morgan fingerprint density at radius 2 is 1.59 bits per heavy atom. The number of anilines is 1. The number of nitro benzene ring substituents is 1. The van der Waals surface area contributed by atoms with Crippen molar-refractivity contribution in [1.29, 1.82) is 0 Å². The van der Waals surface area contributed by atoms with Crippen molar-refractivity contribution in [1.82, 2.24) is 10.2 Å². The van der Waals surface area contributed by atoms with Gasteiger partial charge in [0.1, 0.15) is 11.5 Å². The van der Waals surface area contributed by atoms with Crippen molar-refractivity contribution < 1.29 is 18.9 Å². The number of likely N-dealkylation sites (tertiary alicyclic amines) is 1. The fourth-order valence-corrected chi connectivity index (χ4v) is 4.60. The molecule has 0 aromatic heterocycles. The second kappa shape index (κ2) is 10.2.